The zero-order valence-corrected chi connectivity index (χ0v) is 13.6. The number of aromatic nitrogens is 2. The molecule has 23 heavy (non-hydrogen) atoms. The van der Waals surface area contributed by atoms with Crippen molar-refractivity contribution in [3.8, 4) is 0 Å². The second-order valence-corrected chi connectivity index (χ2v) is 5.16. The lowest BCUT2D eigenvalue weighted by atomic mass is 10.00. The number of rotatable bonds is 6. The quantitative estimate of drug-likeness (QED) is 0.449. The van der Waals surface area contributed by atoms with E-state index in [-0.39, 0.29) is 45.8 Å². The van der Waals surface area contributed by atoms with Crippen molar-refractivity contribution in [2.75, 3.05) is 6.61 Å². The highest BCUT2D eigenvalue weighted by atomic mass is 35.5. The van der Waals surface area contributed by atoms with E-state index in [9.17, 15) is 9.59 Å². The molecule has 0 saturated carbocycles. The number of halogens is 2. The van der Waals surface area contributed by atoms with Gasteiger partial charge >= 0.3 is 5.97 Å². The van der Waals surface area contributed by atoms with Crippen LogP contribution in [0.3, 0.4) is 0 Å². The lowest BCUT2D eigenvalue weighted by Gasteiger charge is -2.11. The number of nitrogens with zero attached hydrogens (tertiary/aromatic N) is 2. The fourth-order valence-electron chi connectivity index (χ4n) is 1.87. The predicted molar refractivity (Wildman–Crippen MR) is 83.7 cm³/mol. The van der Waals surface area contributed by atoms with Gasteiger partial charge in [-0.3, -0.25) is 4.79 Å². The van der Waals surface area contributed by atoms with E-state index in [4.69, 9.17) is 32.4 Å². The molecule has 0 aliphatic heterocycles. The van der Waals surface area contributed by atoms with Crippen LogP contribution in [0.25, 0.3) is 0 Å². The minimum Gasteiger partial charge on any atom is -0.463 e. The molecular formula is C15H12Cl2N2O4. The normalized spacial score (nSPS) is 10.4. The van der Waals surface area contributed by atoms with Crippen LogP contribution in [-0.2, 0) is 16.0 Å². The molecule has 8 heteroatoms. The molecule has 6 nitrogen and oxygen atoms in total. The first-order valence-electron chi connectivity index (χ1n) is 6.59. The largest absolute Gasteiger partial charge is 0.463 e. The summed E-state index contributed by atoms with van der Waals surface area (Å²) in [6.07, 6.45) is 1.31. The number of esters is 1. The molecule has 0 saturated heterocycles. The standard InChI is InChI=1S/C15H12Cl2N2O4/c1-3-22-15(21)8(2)7-9-11(14(17)19-18-13(9)16)12(20)10-5-4-6-23-10/h4-6H,2-3,7H2,1H3. The Balaban J connectivity index is 2.43. The van der Waals surface area contributed by atoms with Gasteiger partial charge < -0.3 is 9.15 Å². The van der Waals surface area contributed by atoms with Gasteiger partial charge in [-0.2, -0.15) is 0 Å². The number of carbonyl (C=O) groups excluding carboxylic acids is 2. The summed E-state index contributed by atoms with van der Waals surface area (Å²) in [4.78, 5) is 24.2. The molecule has 0 atom stereocenters. The first-order chi connectivity index (χ1) is 11.0. The van der Waals surface area contributed by atoms with Crippen molar-refractivity contribution in [3.63, 3.8) is 0 Å². The maximum Gasteiger partial charge on any atom is 0.333 e. The van der Waals surface area contributed by atoms with Gasteiger partial charge in [0, 0.05) is 17.6 Å². The summed E-state index contributed by atoms with van der Waals surface area (Å²) in [5.74, 6) is -1.03. The van der Waals surface area contributed by atoms with E-state index in [1.54, 1.807) is 13.0 Å². The van der Waals surface area contributed by atoms with Crippen molar-refractivity contribution in [3.05, 3.63) is 57.7 Å². The number of hydrogen-bond acceptors (Lipinski definition) is 6. The van der Waals surface area contributed by atoms with Gasteiger partial charge in [0.15, 0.2) is 16.1 Å². The van der Waals surface area contributed by atoms with E-state index in [1.165, 1.54) is 12.3 Å². The van der Waals surface area contributed by atoms with Gasteiger partial charge in [-0.25, -0.2) is 4.79 Å². The summed E-state index contributed by atoms with van der Waals surface area (Å²) in [5.41, 5.74) is 0.379. The third-order valence-corrected chi connectivity index (χ3v) is 3.48. The van der Waals surface area contributed by atoms with Gasteiger partial charge in [-0.15, -0.1) is 10.2 Å². The number of ketones is 1. The fraction of sp³-hybridized carbons (Fsp3) is 0.200. The van der Waals surface area contributed by atoms with Gasteiger partial charge in [0.05, 0.1) is 18.4 Å². The SMILES string of the molecule is C=C(Cc1c(Cl)nnc(Cl)c1C(=O)c1ccco1)C(=O)OCC. The maximum atomic E-state index is 12.5. The summed E-state index contributed by atoms with van der Waals surface area (Å²) in [7, 11) is 0. The third-order valence-electron chi connectivity index (χ3n) is 2.91. The molecule has 2 rings (SSSR count). The number of ether oxygens (including phenoxy) is 1. The summed E-state index contributed by atoms with van der Waals surface area (Å²) < 4.78 is 9.94. The van der Waals surface area contributed by atoms with Crippen LogP contribution in [0.1, 0.15) is 28.6 Å². The highest BCUT2D eigenvalue weighted by Crippen LogP contribution is 2.28. The van der Waals surface area contributed by atoms with Crippen LogP contribution in [0, 0.1) is 0 Å². The lowest BCUT2D eigenvalue weighted by Crippen LogP contribution is -2.14. The Labute approximate surface area is 142 Å². The van der Waals surface area contributed by atoms with Crippen molar-refractivity contribution in [1.82, 2.24) is 10.2 Å². The summed E-state index contributed by atoms with van der Waals surface area (Å²) in [6.45, 7) is 5.53. The minimum atomic E-state index is -0.590. The molecule has 0 fully saturated rings. The predicted octanol–water partition coefficient (Wildman–Crippen LogP) is 3.27. The zero-order chi connectivity index (χ0) is 17.0. The molecule has 2 aromatic heterocycles. The molecule has 0 spiro atoms. The van der Waals surface area contributed by atoms with Crippen molar-refractivity contribution in [2.45, 2.75) is 13.3 Å². The molecule has 0 aliphatic rings. The molecular weight excluding hydrogens is 343 g/mol. The molecule has 2 heterocycles. The molecule has 0 unspecified atom stereocenters. The first-order valence-corrected chi connectivity index (χ1v) is 7.35. The van der Waals surface area contributed by atoms with Crippen LogP contribution in [0.5, 0.6) is 0 Å². The first kappa shape index (κ1) is 17.2. The second-order valence-electron chi connectivity index (χ2n) is 4.44. The molecule has 0 N–H and O–H groups in total. The molecule has 2 aromatic rings. The van der Waals surface area contributed by atoms with Gasteiger partial charge in [0.2, 0.25) is 5.78 Å². The molecule has 0 aromatic carbocycles. The minimum absolute atomic E-state index is 0.0204. The smallest absolute Gasteiger partial charge is 0.333 e. The van der Waals surface area contributed by atoms with Crippen LogP contribution >= 0.6 is 23.2 Å². The van der Waals surface area contributed by atoms with Crippen molar-refractivity contribution < 1.29 is 18.7 Å². The average Bonchev–Trinajstić information content (AvgIpc) is 3.05. The van der Waals surface area contributed by atoms with Crippen LogP contribution in [-0.4, -0.2) is 28.6 Å². The third kappa shape index (κ3) is 3.78. The number of furan rings is 1. The monoisotopic (exact) mass is 354 g/mol. The van der Waals surface area contributed by atoms with Crippen LogP contribution < -0.4 is 0 Å². The van der Waals surface area contributed by atoms with Gasteiger partial charge in [-0.1, -0.05) is 29.8 Å². The second kappa shape index (κ2) is 7.39. The molecule has 0 aliphatic carbocycles. The van der Waals surface area contributed by atoms with Gasteiger partial charge in [0.25, 0.3) is 0 Å². The Morgan fingerprint density at radius 3 is 2.61 bits per heavy atom. The van der Waals surface area contributed by atoms with E-state index >= 15 is 0 Å². The highest BCUT2D eigenvalue weighted by Gasteiger charge is 2.25. The Kier molecular flexibility index (Phi) is 5.52. The van der Waals surface area contributed by atoms with Crippen LogP contribution in [0.15, 0.2) is 35.0 Å². The van der Waals surface area contributed by atoms with Crippen molar-refractivity contribution in [1.29, 1.82) is 0 Å². The highest BCUT2D eigenvalue weighted by molar-refractivity contribution is 6.35. The number of hydrogen-bond donors (Lipinski definition) is 0. The van der Waals surface area contributed by atoms with E-state index in [0.717, 1.165) is 0 Å². The average molecular weight is 355 g/mol. The number of carbonyl (C=O) groups is 2. The summed E-state index contributed by atoms with van der Waals surface area (Å²) in [6, 6.07) is 3.05. The van der Waals surface area contributed by atoms with Crippen molar-refractivity contribution >= 4 is 35.0 Å². The van der Waals surface area contributed by atoms with Crippen LogP contribution in [0.4, 0.5) is 0 Å². The Morgan fingerprint density at radius 2 is 2.00 bits per heavy atom. The lowest BCUT2D eigenvalue weighted by molar-refractivity contribution is -0.138. The van der Waals surface area contributed by atoms with E-state index < -0.39 is 11.8 Å². The maximum absolute atomic E-state index is 12.5. The molecule has 0 radical (unpaired) electrons. The fourth-order valence-corrected chi connectivity index (χ4v) is 2.30. The van der Waals surface area contributed by atoms with E-state index in [0.29, 0.717) is 0 Å². The van der Waals surface area contributed by atoms with E-state index in [2.05, 4.69) is 16.8 Å². The molecule has 0 amide bonds. The zero-order valence-electron chi connectivity index (χ0n) is 12.1. The van der Waals surface area contributed by atoms with Gasteiger partial charge in [0.1, 0.15) is 0 Å². The summed E-state index contributed by atoms with van der Waals surface area (Å²) in [5, 5.41) is 7.12. The van der Waals surface area contributed by atoms with Gasteiger partial charge in [-0.05, 0) is 19.1 Å². The van der Waals surface area contributed by atoms with Crippen molar-refractivity contribution in [2.24, 2.45) is 0 Å². The Bertz CT molecular complexity index is 757. The van der Waals surface area contributed by atoms with Crippen LogP contribution in [0.2, 0.25) is 10.3 Å². The topological polar surface area (TPSA) is 82.3 Å². The Morgan fingerprint density at radius 1 is 1.30 bits per heavy atom. The van der Waals surface area contributed by atoms with E-state index in [1.807, 2.05) is 0 Å². The molecule has 120 valence electrons. The Hall–Kier alpha value is -2.18. The summed E-state index contributed by atoms with van der Waals surface area (Å²) >= 11 is 12.0. The molecule has 0 bridgehead atoms.